The van der Waals surface area contributed by atoms with Crippen molar-refractivity contribution < 1.29 is 26.8 Å². The molecule has 170 valence electrons. The van der Waals surface area contributed by atoms with Gasteiger partial charge in [0.2, 0.25) is 0 Å². The summed E-state index contributed by atoms with van der Waals surface area (Å²) in [6.07, 6.45) is -3.70. The van der Waals surface area contributed by atoms with Crippen LogP contribution in [0.4, 0.5) is 13.2 Å². The molecule has 0 aliphatic carbocycles. The number of halogens is 5. The van der Waals surface area contributed by atoms with E-state index in [1.165, 1.54) is 24.3 Å². The van der Waals surface area contributed by atoms with Crippen LogP contribution in [0.5, 0.6) is 0 Å². The maximum absolute atomic E-state index is 13.0. The molecule has 0 atom stereocenters. The molecule has 0 fully saturated rings. The van der Waals surface area contributed by atoms with Gasteiger partial charge in [-0.3, -0.25) is 13.9 Å². The number of aromatic nitrogens is 2. The average molecular weight is 501 g/mol. The molecule has 0 amide bonds. The lowest BCUT2D eigenvalue weighted by Gasteiger charge is -2.16. The summed E-state index contributed by atoms with van der Waals surface area (Å²) in [6.45, 7) is 3.28. The van der Waals surface area contributed by atoms with E-state index in [1.54, 1.807) is 13.8 Å². The SMILES string of the molecule is CCOP(=O)(OCC)C(Cl)=Cc1cc(-n2c(=O)cc(C(F)(F)F)n(C)c2=O)ccc1Cl. The second kappa shape index (κ2) is 9.75. The van der Waals surface area contributed by atoms with Gasteiger partial charge >= 0.3 is 19.5 Å². The van der Waals surface area contributed by atoms with E-state index < -0.39 is 30.7 Å². The van der Waals surface area contributed by atoms with Crippen LogP contribution >= 0.6 is 30.8 Å². The number of nitrogens with zero attached hydrogens (tertiary/aromatic N) is 2. The van der Waals surface area contributed by atoms with Crippen LogP contribution in [0.3, 0.4) is 0 Å². The van der Waals surface area contributed by atoms with Crippen molar-refractivity contribution >= 4 is 36.9 Å². The van der Waals surface area contributed by atoms with E-state index in [0.29, 0.717) is 15.2 Å². The third kappa shape index (κ3) is 5.51. The van der Waals surface area contributed by atoms with Crippen LogP contribution in [-0.2, 0) is 26.8 Å². The number of hydrogen-bond donors (Lipinski definition) is 0. The Kier molecular flexibility index (Phi) is 7.99. The molecule has 0 radical (unpaired) electrons. The number of benzene rings is 1. The summed E-state index contributed by atoms with van der Waals surface area (Å²) in [5.41, 5.74) is -3.71. The summed E-state index contributed by atoms with van der Waals surface area (Å²) in [5.74, 6) is 0. The van der Waals surface area contributed by atoms with Crippen LogP contribution in [0.15, 0.2) is 38.6 Å². The van der Waals surface area contributed by atoms with Crippen molar-refractivity contribution in [2.24, 2.45) is 7.05 Å². The fourth-order valence-corrected chi connectivity index (χ4v) is 4.50. The molecule has 2 aromatic rings. The first-order chi connectivity index (χ1) is 14.4. The van der Waals surface area contributed by atoms with Gasteiger partial charge in [-0.2, -0.15) is 13.2 Å². The van der Waals surface area contributed by atoms with Crippen molar-refractivity contribution in [3.05, 3.63) is 66.2 Å². The molecule has 31 heavy (non-hydrogen) atoms. The van der Waals surface area contributed by atoms with Gasteiger partial charge < -0.3 is 9.05 Å². The number of alkyl halides is 3. The van der Waals surface area contributed by atoms with Gasteiger partial charge in [-0.05, 0) is 43.7 Å². The number of hydrogen-bond acceptors (Lipinski definition) is 5. The van der Waals surface area contributed by atoms with Crippen molar-refractivity contribution in [3.8, 4) is 5.69 Å². The minimum atomic E-state index is -4.88. The minimum absolute atomic E-state index is 0.0477. The summed E-state index contributed by atoms with van der Waals surface area (Å²) in [7, 11) is -2.93. The highest BCUT2D eigenvalue weighted by molar-refractivity contribution is 7.61. The van der Waals surface area contributed by atoms with E-state index in [4.69, 9.17) is 32.2 Å². The standard InChI is InChI=1S/C18H18Cl2F3N2O5P/c1-4-29-31(28,30-5-2)15(20)9-11-8-12(6-7-13(11)19)25-16(26)10-14(18(21,22)23)24(3)17(25)27/h6-10H,4-5H2,1-3H3. The van der Waals surface area contributed by atoms with Crippen molar-refractivity contribution in [1.29, 1.82) is 0 Å². The van der Waals surface area contributed by atoms with Gasteiger partial charge in [0.05, 0.1) is 18.9 Å². The molecule has 0 N–H and O–H groups in total. The number of rotatable bonds is 7. The normalized spacial score (nSPS) is 13.0. The van der Waals surface area contributed by atoms with Gasteiger partial charge in [-0.1, -0.05) is 23.2 Å². The Morgan fingerprint density at radius 2 is 1.74 bits per heavy atom. The van der Waals surface area contributed by atoms with Crippen molar-refractivity contribution in [2.75, 3.05) is 13.2 Å². The predicted molar refractivity (Wildman–Crippen MR) is 112 cm³/mol. The highest BCUT2D eigenvalue weighted by atomic mass is 35.5. The predicted octanol–water partition coefficient (Wildman–Crippen LogP) is 5.01. The molecule has 1 aromatic carbocycles. The first kappa shape index (κ1) is 25.4. The van der Waals surface area contributed by atoms with E-state index >= 15 is 0 Å². The van der Waals surface area contributed by atoms with Crippen molar-refractivity contribution in [1.82, 2.24) is 9.13 Å². The fraction of sp³-hybridized carbons (Fsp3) is 0.333. The van der Waals surface area contributed by atoms with Crippen LogP contribution < -0.4 is 11.2 Å². The second-order valence-electron chi connectivity index (χ2n) is 6.05. The lowest BCUT2D eigenvalue weighted by atomic mass is 10.2. The van der Waals surface area contributed by atoms with Crippen molar-refractivity contribution in [2.45, 2.75) is 20.0 Å². The molecule has 0 saturated carbocycles. The maximum atomic E-state index is 13.0. The summed E-state index contributed by atoms with van der Waals surface area (Å²) in [6, 6.07) is 4.14. The Labute approximate surface area is 185 Å². The molecule has 1 heterocycles. The summed E-state index contributed by atoms with van der Waals surface area (Å²) >= 11 is 12.3. The molecule has 1 aromatic heterocycles. The zero-order valence-electron chi connectivity index (χ0n) is 16.6. The Balaban J connectivity index is 2.66. The molecular formula is C18H18Cl2F3N2O5P. The van der Waals surface area contributed by atoms with Gasteiger partial charge in [-0.25, -0.2) is 9.36 Å². The zero-order chi connectivity index (χ0) is 23.6. The van der Waals surface area contributed by atoms with E-state index in [1.807, 2.05) is 0 Å². The Morgan fingerprint density at radius 1 is 1.16 bits per heavy atom. The van der Waals surface area contributed by atoms with Gasteiger partial charge in [0, 0.05) is 18.1 Å². The topological polar surface area (TPSA) is 79.5 Å². The van der Waals surface area contributed by atoms with Crippen LogP contribution in [0, 0.1) is 0 Å². The largest absolute Gasteiger partial charge is 0.431 e. The second-order valence-corrected chi connectivity index (χ2v) is 9.12. The maximum Gasteiger partial charge on any atom is 0.431 e. The van der Waals surface area contributed by atoms with Crippen molar-refractivity contribution in [3.63, 3.8) is 0 Å². The molecular weight excluding hydrogens is 483 g/mol. The molecule has 0 spiro atoms. The van der Waals surface area contributed by atoms with E-state index in [9.17, 15) is 27.3 Å². The van der Waals surface area contributed by atoms with Gasteiger partial charge in [0.1, 0.15) is 10.5 Å². The monoisotopic (exact) mass is 500 g/mol. The Hall–Kier alpha value is -1.84. The first-order valence-electron chi connectivity index (χ1n) is 8.82. The summed E-state index contributed by atoms with van der Waals surface area (Å²) < 4.78 is 62.7. The van der Waals surface area contributed by atoms with E-state index in [-0.39, 0.29) is 34.3 Å². The highest BCUT2D eigenvalue weighted by Crippen LogP contribution is 2.58. The smallest absolute Gasteiger partial charge is 0.305 e. The molecule has 0 aliphatic rings. The molecule has 0 aliphatic heterocycles. The molecule has 7 nitrogen and oxygen atoms in total. The van der Waals surface area contributed by atoms with E-state index in [0.717, 1.165) is 7.05 Å². The van der Waals surface area contributed by atoms with Gasteiger partial charge in [-0.15, -0.1) is 0 Å². The van der Waals surface area contributed by atoms with Gasteiger partial charge in [0.15, 0.2) is 0 Å². The third-order valence-electron chi connectivity index (χ3n) is 3.98. The molecule has 2 rings (SSSR count). The van der Waals surface area contributed by atoms with E-state index in [2.05, 4.69) is 0 Å². The lowest BCUT2D eigenvalue weighted by molar-refractivity contribution is -0.144. The molecule has 0 saturated heterocycles. The molecule has 0 unspecified atom stereocenters. The van der Waals surface area contributed by atoms with Crippen LogP contribution in [0.2, 0.25) is 5.02 Å². The lowest BCUT2D eigenvalue weighted by Crippen LogP contribution is -2.40. The van der Waals surface area contributed by atoms with Crippen LogP contribution in [0.1, 0.15) is 25.1 Å². The highest BCUT2D eigenvalue weighted by Gasteiger charge is 2.35. The van der Waals surface area contributed by atoms with Crippen LogP contribution in [0.25, 0.3) is 11.8 Å². The summed E-state index contributed by atoms with van der Waals surface area (Å²) in [4.78, 5) is 24.8. The Bertz CT molecular complexity index is 1160. The minimum Gasteiger partial charge on any atom is -0.305 e. The fourth-order valence-electron chi connectivity index (χ4n) is 2.62. The quantitative estimate of drug-likeness (QED) is 0.499. The average Bonchev–Trinajstić information content (AvgIpc) is 2.66. The summed E-state index contributed by atoms with van der Waals surface area (Å²) in [5, 5.41) is 0.109. The molecule has 0 bridgehead atoms. The third-order valence-corrected chi connectivity index (χ3v) is 6.91. The Morgan fingerprint density at radius 3 is 2.26 bits per heavy atom. The first-order valence-corrected chi connectivity index (χ1v) is 11.1. The molecule has 13 heteroatoms. The zero-order valence-corrected chi connectivity index (χ0v) is 19.0. The van der Waals surface area contributed by atoms with Crippen LogP contribution in [-0.4, -0.2) is 22.3 Å². The van der Waals surface area contributed by atoms with Gasteiger partial charge in [0.25, 0.3) is 5.56 Å².